The SMILES string of the molecule is COc1ccc(NC(=O)c2cnc(N3CCCCC3)cn2)c(OC)c1. The first-order valence-corrected chi connectivity index (χ1v) is 8.31. The van der Waals surface area contributed by atoms with Gasteiger partial charge in [0.1, 0.15) is 23.0 Å². The molecule has 1 aromatic heterocycles. The van der Waals surface area contributed by atoms with E-state index in [1.165, 1.54) is 32.6 Å². The second kappa shape index (κ2) is 7.83. The monoisotopic (exact) mass is 342 g/mol. The fourth-order valence-corrected chi connectivity index (χ4v) is 2.81. The number of piperidine rings is 1. The van der Waals surface area contributed by atoms with Crippen molar-refractivity contribution in [3.63, 3.8) is 0 Å². The quantitative estimate of drug-likeness (QED) is 0.900. The molecule has 132 valence electrons. The summed E-state index contributed by atoms with van der Waals surface area (Å²) >= 11 is 0. The molecular weight excluding hydrogens is 320 g/mol. The molecule has 0 bridgehead atoms. The van der Waals surface area contributed by atoms with Crippen molar-refractivity contribution in [3.05, 3.63) is 36.3 Å². The van der Waals surface area contributed by atoms with Crippen LogP contribution in [0.5, 0.6) is 11.5 Å². The van der Waals surface area contributed by atoms with Gasteiger partial charge in [-0.25, -0.2) is 9.97 Å². The molecule has 0 spiro atoms. The van der Waals surface area contributed by atoms with E-state index in [0.29, 0.717) is 17.2 Å². The van der Waals surface area contributed by atoms with Crippen LogP contribution >= 0.6 is 0 Å². The number of benzene rings is 1. The molecule has 1 aliphatic rings. The summed E-state index contributed by atoms with van der Waals surface area (Å²) in [6, 6.07) is 5.19. The van der Waals surface area contributed by atoms with Crippen LogP contribution < -0.4 is 19.7 Å². The Balaban J connectivity index is 1.71. The number of aromatic nitrogens is 2. The Labute approximate surface area is 147 Å². The van der Waals surface area contributed by atoms with E-state index in [1.807, 2.05) is 0 Å². The van der Waals surface area contributed by atoms with Crippen molar-refractivity contribution < 1.29 is 14.3 Å². The normalized spacial score (nSPS) is 14.1. The number of hydrogen-bond donors (Lipinski definition) is 1. The van der Waals surface area contributed by atoms with E-state index in [0.717, 1.165) is 18.9 Å². The first-order chi connectivity index (χ1) is 12.2. The molecule has 7 nitrogen and oxygen atoms in total. The van der Waals surface area contributed by atoms with Crippen molar-refractivity contribution in [1.29, 1.82) is 0 Å². The van der Waals surface area contributed by atoms with E-state index in [9.17, 15) is 4.79 Å². The van der Waals surface area contributed by atoms with Crippen LogP contribution in [0.25, 0.3) is 0 Å². The van der Waals surface area contributed by atoms with E-state index < -0.39 is 0 Å². The number of nitrogens with one attached hydrogen (secondary N) is 1. The maximum Gasteiger partial charge on any atom is 0.275 e. The summed E-state index contributed by atoms with van der Waals surface area (Å²) in [6.07, 6.45) is 6.76. The first-order valence-electron chi connectivity index (χ1n) is 8.31. The van der Waals surface area contributed by atoms with Crippen LogP contribution in [0.2, 0.25) is 0 Å². The molecular formula is C18H22N4O3. The van der Waals surface area contributed by atoms with Crippen molar-refractivity contribution in [2.75, 3.05) is 37.5 Å². The highest BCUT2D eigenvalue weighted by atomic mass is 16.5. The highest BCUT2D eigenvalue weighted by molar-refractivity contribution is 6.03. The zero-order valence-electron chi connectivity index (χ0n) is 14.5. The Morgan fingerprint density at radius 1 is 1.08 bits per heavy atom. The zero-order valence-corrected chi connectivity index (χ0v) is 14.5. The summed E-state index contributed by atoms with van der Waals surface area (Å²) in [7, 11) is 3.12. The van der Waals surface area contributed by atoms with Gasteiger partial charge in [-0.15, -0.1) is 0 Å². The largest absolute Gasteiger partial charge is 0.497 e. The number of ether oxygens (including phenoxy) is 2. The minimum atomic E-state index is -0.332. The molecule has 0 atom stereocenters. The molecule has 2 aromatic rings. The van der Waals surface area contributed by atoms with E-state index >= 15 is 0 Å². The minimum Gasteiger partial charge on any atom is -0.497 e. The van der Waals surface area contributed by atoms with Crippen LogP contribution in [0.1, 0.15) is 29.8 Å². The molecule has 1 fully saturated rings. The van der Waals surface area contributed by atoms with Gasteiger partial charge in [-0.05, 0) is 31.4 Å². The Kier molecular flexibility index (Phi) is 5.33. The number of methoxy groups -OCH3 is 2. The van der Waals surface area contributed by atoms with Crippen molar-refractivity contribution in [3.8, 4) is 11.5 Å². The molecule has 25 heavy (non-hydrogen) atoms. The van der Waals surface area contributed by atoms with Crippen LogP contribution in [-0.2, 0) is 0 Å². The van der Waals surface area contributed by atoms with Gasteiger partial charge >= 0.3 is 0 Å². The average molecular weight is 342 g/mol. The topological polar surface area (TPSA) is 76.6 Å². The van der Waals surface area contributed by atoms with Gasteiger partial charge in [-0.3, -0.25) is 4.79 Å². The van der Waals surface area contributed by atoms with Crippen molar-refractivity contribution in [2.24, 2.45) is 0 Å². The molecule has 0 aliphatic carbocycles. The van der Waals surface area contributed by atoms with Gasteiger partial charge in [0.2, 0.25) is 0 Å². The number of hydrogen-bond acceptors (Lipinski definition) is 6. The van der Waals surface area contributed by atoms with Gasteiger partial charge in [-0.1, -0.05) is 0 Å². The number of anilines is 2. The molecule has 1 aliphatic heterocycles. The summed E-state index contributed by atoms with van der Waals surface area (Å²) < 4.78 is 10.4. The van der Waals surface area contributed by atoms with E-state index in [4.69, 9.17) is 9.47 Å². The number of carbonyl (C=O) groups is 1. The predicted molar refractivity (Wildman–Crippen MR) is 95.6 cm³/mol. The molecule has 3 rings (SSSR count). The van der Waals surface area contributed by atoms with E-state index in [2.05, 4.69) is 20.2 Å². The average Bonchev–Trinajstić information content (AvgIpc) is 2.69. The number of rotatable bonds is 5. The lowest BCUT2D eigenvalue weighted by molar-refractivity contribution is 0.102. The maximum absolute atomic E-state index is 12.4. The van der Waals surface area contributed by atoms with E-state index in [1.54, 1.807) is 31.5 Å². The second-order valence-corrected chi connectivity index (χ2v) is 5.83. The smallest absolute Gasteiger partial charge is 0.275 e. The highest BCUT2D eigenvalue weighted by Gasteiger charge is 2.15. The summed E-state index contributed by atoms with van der Waals surface area (Å²) in [5, 5.41) is 2.79. The Bertz CT molecular complexity index is 728. The third-order valence-electron chi connectivity index (χ3n) is 4.21. The number of carbonyl (C=O) groups excluding carboxylic acids is 1. The fourth-order valence-electron chi connectivity index (χ4n) is 2.81. The minimum absolute atomic E-state index is 0.263. The Hall–Kier alpha value is -2.83. The lowest BCUT2D eigenvalue weighted by Crippen LogP contribution is -2.30. The molecule has 2 heterocycles. The Morgan fingerprint density at radius 2 is 1.88 bits per heavy atom. The highest BCUT2D eigenvalue weighted by Crippen LogP contribution is 2.29. The van der Waals surface area contributed by atoms with Gasteiger partial charge in [0.25, 0.3) is 5.91 Å². The van der Waals surface area contributed by atoms with Crippen LogP contribution in [0, 0.1) is 0 Å². The number of amides is 1. The predicted octanol–water partition coefficient (Wildman–Crippen LogP) is 2.74. The van der Waals surface area contributed by atoms with Crippen LogP contribution in [0.4, 0.5) is 11.5 Å². The third-order valence-corrected chi connectivity index (χ3v) is 4.21. The van der Waals surface area contributed by atoms with Gasteiger partial charge in [0.05, 0.1) is 32.3 Å². The molecule has 1 N–H and O–H groups in total. The van der Waals surface area contributed by atoms with Crippen LogP contribution in [-0.4, -0.2) is 43.2 Å². The van der Waals surface area contributed by atoms with Gasteiger partial charge in [0.15, 0.2) is 0 Å². The fraction of sp³-hybridized carbons (Fsp3) is 0.389. The van der Waals surface area contributed by atoms with Gasteiger partial charge in [-0.2, -0.15) is 0 Å². The van der Waals surface area contributed by atoms with Gasteiger partial charge in [0, 0.05) is 19.2 Å². The molecule has 1 aromatic carbocycles. The summed E-state index contributed by atoms with van der Waals surface area (Å²) in [4.78, 5) is 23.3. The van der Waals surface area contributed by atoms with Gasteiger partial charge < -0.3 is 19.7 Å². The summed E-state index contributed by atoms with van der Waals surface area (Å²) in [5.74, 6) is 1.66. The first kappa shape index (κ1) is 17.0. The molecule has 0 saturated carbocycles. The zero-order chi connectivity index (χ0) is 17.6. The lowest BCUT2D eigenvalue weighted by Gasteiger charge is -2.27. The maximum atomic E-state index is 12.4. The Morgan fingerprint density at radius 3 is 2.52 bits per heavy atom. The lowest BCUT2D eigenvalue weighted by atomic mass is 10.1. The molecule has 0 unspecified atom stereocenters. The molecule has 1 amide bonds. The van der Waals surface area contributed by atoms with Crippen LogP contribution in [0.15, 0.2) is 30.6 Å². The molecule has 1 saturated heterocycles. The second-order valence-electron chi connectivity index (χ2n) is 5.83. The van der Waals surface area contributed by atoms with Crippen molar-refractivity contribution in [1.82, 2.24) is 9.97 Å². The molecule has 7 heteroatoms. The summed E-state index contributed by atoms with van der Waals surface area (Å²) in [6.45, 7) is 1.98. The van der Waals surface area contributed by atoms with E-state index in [-0.39, 0.29) is 11.6 Å². The van der Waals surface area contributed by atoms with Crippen molar-refractivity contribution in [2.45, 2.75) is 19.3 Å². The summed E-state index contributed by atoms with van der Waals surface area (Å²) in [5.41, 5.74) is 0.814. The third kappa shape index (κ3) is 3.99. The molecule has 0 radical (unpaired) electrons. The standard InChI is InChI=1S/C18H22N4O3/c1-24-13-6-7-14(16(10-13)25-2)21-18(23)15-11-20-17(12-19-15)22-8-4-3-5-9-22/h6-7,10-12H,3-5,8-9H2,1-2H3,(H,21,23). The number of nitrogens with zero attached hydrogens (tertiary/aromatic N) is 3. The van der Waals surface area contributed by atoms with Crippen LogP contribution in [0.3, 0.4) is 0 Å². The van der Waals surface area contributed by atoms with Crippen molar-refractivity contribution >= 4 is 17.4 Å².